The van der Waals surface area contributed by atoms with Crippen molar-refractivity contribution in [3.8, 4) is 0 Å². The normalized spacial score (nSPS) is 32.0. The van der Waals surface area contributed by atoms with E-state index in [9.17, 15) is 9.59 Å². The standard InChI is InChI=1S/C35H46N4O6/c1-42-28-12-24-26(36-18-22-16-34(6-7-34)20-38(22)32(24)40)14-30(28)44-10-4-3-5-11-45-31-15-27-25(13-29(31)43-2)33(41)39-21-35(8-9-35)17-23(39)19-37-27/h12-13,18,22-23,30-31,37H,3-11,14-17,19-21H2,1-2H3. The molecule has 0 radical (unpaired) electrons. The topological polar surface area (TPSA) is 102 Å². The maximum absolute atomic E-state index is 13.5. The van der Waals surface area contributed by atoms with E-state index in [1.54, 1.807) is 14.2 Å². The molecule has 10 heteroatoms. The lowest BCUT2D eigenvalue weighted by Crippen LogP contribution is -2.38. The van der Waals surface area contributed by atoms with E-state index in [1.165, 1.54) is 25.7 Å². The van der Waals surface area contributed by atoms with Gasteiger partial charge < -0.3 is 34.1 Å². The highest BCUT2D eigenvalue weighted by molar-refractivity contribution is 6.01. The first-order valence-corrected chi connectivity index (χ1v) is 17.0. The van der Waals surface area contributed by atoms with Crippen molar-refractivity contribution in [1.29, 1.82) is 0 Å². The van der Waals surface area contributed by atoms with Crippen molar-refractivity contribution < 1.29 is 28.5 Å². The molecular weight excluding hydrogens is 572 g/mol. The van der Waals surface area contributed by atoms with Crippen LogP contribution in [0.25, 0.3) is 0 Å². The average molecular weight is 619 g/mol. The van der Waals surface area contributed by atoms with Gasteiger partial charge in [-0.3, -0.25) is 14.6 Å². The molecule has 10 nitrogen and oxygen atoms in total. The molecule has 0 aromatic carbocycles. The Balaban J connectivity index is 0.792. The SMILES string of the molecule is COC1=CC2=C(CC1OCCCCCOC1CC3=C(C=C1OC)C(=O)N1CC4(CC4)CC1CN3)N=CC1CC3(CC3)CN1C2=O. The Morgan fingerprint density at radius 3 is 2.13 bits per heavy atom. The predicted octanol–water partition coefficient (Wildman–Crippen LogP) is 3.75. The van der Waals surface area contributed by atoms with Crippen molar-refractivity contribution in [2.45, 2.75) is 94.9 Å². The van der Waals surface area contributed by atoms with E-state index < -0.39 is 0 Å². The predicted molar refractivity (Wildman–Crippen MR) is 167 cm³/mol. The van der Waals surface area contributed by atoms with E-state index in [0.29, 0.717) is 48.2 Å². The molecule has 2 spiro atoms. The zero-order chi connectivity index (χ0) is 30.8. The largest absolute Gasteiger partial charge is 0.498 e. The number of nitrogens with zero attached hydrogens (tertiary/aromatic N) is 3. The van der Waals surface area contributed by atoms with Gasteiger partial charge in [0.15, 0.2) is 0 Å². The number of fused-ring (bicyclic) bond motifs is 2. The van der Waals surface area contributed by atoms with Crippen molar-refractivity contribution in [3.63, 3.8) is 0 Å². The summed E-state index contributed by atoms with van der Waals surface area (Å²) in [5, 5.41) is 3.60. The van der Waals surface area contributed by atoms with E-state index in [0.717, 1.165) is 74.5 Å². The first-order chi connectivity index (χ1) is 21.9. The third kappa shape index (κ3) is 5.41. The molecule has 4 unspecified atom stereocenters. The van der Waals surface area contributed by atoms with Gasteiger partial charge in [-0.05, 0) is 80.8 Å². The van der Waals surface area contributed by atoms with Gasteiger partial charge in [-0.1, -0.05) is 0 Å². The lowest BCUT2D eigenvalue weighted by atomic mass is 9.98. The highest BCUT2D eigenvalue weighted by Gasteiger charge is 2.55. The summed E-state index contributed by atoms with van der Waals surface area (Å²) in [4.78, 5) is 35.8. The van der Waals surface area contributed by atoms with E-state index in [2.05, 4.69) is 10.2 Å². The van der Waals surface area contributed by atoms with Crippen LogP contribution in [0, 0.1) is 10.8 Å². The second-order valence-corrected chi connectivity index (χ2v) is 14.6. The van der Waals surface area contributed by atoms with Crippen LogP contribution in [0.2, 0.25) is 0 Å². The van der Waals surface area contributed by atoms with Gasteiger partial charge in [-0.15, -0.1) is 0 Å². The number of ether oxygens (including phenoxy) is 4. The van der Waals surface area contributed by atoms with Crippen LogP contribution >= 0.6 is 0 Å². The lowest BCUT2D eigenvalue weighted by Gasteiger charge is -2.27. The van der Waals surface area contributed by atoms with E-state index in [4.69, 9.17) is 23.9 Å². The first kappa shape index (κ1) is 29.3. The molecule has 8 aliphatic rings. The minimum atomic E-state index is -0.239. The van der Waals surface area contributed by atoms with Gasteiger partial charge in [-0.2, -0.15) is 0 Å². The van der Waals surface area contributed by atoms with Crippen molar-refractivity contribution in [3.05, 3.63) is 46.2 Å². The molecule has 4 atom stereocenters. The highest BCUT2D eigenvalue weighted by atomic mass is 16.5. The van der Waals surface area contributed by atoms with Gasteiger partial charge in [0.1, 0.15) is 23.7 Å². The Hall–Kier alpha value is -3.11. The Labute approximate surface area is 265 Å². The molecule has 0 aromatic rings. The minimum Gasteiger partial charge on any atom is -0.498 e. The number of amides is 2. The number of carbonyl (C=O) groups is 2. The van der Waals surface area contributed by atoms with Crippen LogP contribution in [0.4, 0.5) is 0 Å². The van der Waals surface area contributed by atoms with Gasteiger partial charge in [0, 0.05) is 63.6 Å². The average Bonchev–Trinajstić information content (AvgIpc) is 3.93. The van der Waals surface area contributed by atoms with E-state index in [1.807, 2.05) is 23.3 Å². The van der Waals surface area contributed by atoms with Gasteiger partial charge in [0.25, 0.3) is 11.8 Å². The maximum Gasteiger partial charge on any atom is 0.256 e. The van der Waals surface area contributed by atoms with Crippen LogP contribution in [-0.4, -0.2) is 99.2 Å². The molecule has 45 heavy (non-hydrogen) atoms. The fourth-order valence-corrected chi connectivity index (χ4v) is 8.43. The number of carbonyl (C=O) groups excluding carboxylic acids is 2. The number of hydrogen-bond donors (Lipinski definition) is 1. The number of methoxy groups -OCH3 is 2. The second-order valence-electron chi connectivity index (χ2n) is 14.6. The van der Waals surface area contributed by atoms with Gasteiger partial charge in [0.2, 0.25) is 0 Å². The van der Waals surface area contributed by atoms with Crippen LogP contribution in [0.3, 0.4) is 0 Å². The van der Waals surface area contributed by atoms with Gasteiger partial charge in [-0.25, -0.2) is 0 Å². The van der Waals surface area contributed by atoms with E-state index >= 15 is 0 Å². The number of nitrogens with one attached hydrogen (secondary N) is 1. The molecule has 2 amide bonds. The molecule has 2 saturated carbocycles. The van der Waals surface area contributed by atoms with E-state index in [-0.39, 0.29) is 36.1 Å². The summed E-state index contributed by atoms with van der Waals surface area (Å²) in [6, 6.07) is 0.386. The summed E-state index contributed by atoms with van der Waals surface area (Å²) >= 11 is 0. The molecule has 0 bridgehead atoms. The number of rotatable bonds is 10. The number of hydrogen-bond acceptors (Lipinski definition) is 8. The molecular formula is C35H46N4O6. The van der Waals surface area contributed by atoms with Crippen LogP contribution in [0.5, 0.6) is 0 Å². The molecule has 2 saturated heterocycles. The third-order valence-corrected chi connectivity index (χ3v) is 11.5. The first-order valence-electron chi connectivity index (χ1n) is 17.0. The zero-order valence-corrected chi connectivity index (χ0v) is 26.6. The lowest BCUT2D eigenvalue weighted by molar-refractivity contribution is -0.128. The van der Waals surface area contributed by atoms with Crippen LogP contribution in [0.1, 0.15) is 70.6 Å². The maximum atomic E-state index is 13.5. The van der Waals surface area contributed by atoms with Crippen molar-refractivity contribution >= 4 is 18.0 Å². The Kier molecular flexibility index (Phi) is 7.36. The van der Waals surface area contributed by atoms with Crippen molar-refractivity contribution in [2.75, 3.05) is 47.1 Å². The molecule has 0 aromatic heterocycles. The smallest absolute Gasteiger partial charge is 0.256 e. The van der Waals surface area contributed by atoms with Crippen LogP contribution < -0.4 is 5.32 Å². The number of unbranched alkanes of at least 4 members (excludes halogenated alkanes) is 2. The Morgan fingerprint density at radius 2 is 1.44 bits per heavy atom. The molecule has 4 aliphatic carbocycles. The second kappa shape index (κ2) is 11.3. The summed E-state index contributed by atoms with van der Waals surface area (Å²) in [5.41, 5.74) is 3.92. The van der Waals surface area contributed by atoms with Crippen molar-refractivity contribution in [1.82, 2.24) is 15.1 Å². The summed E-state index contributed by atoms with van der Waals surface area (Å²) in [6.07, 6.45) is 16.3. The molecule has 4 heterocycles. The molecule has 242 valence electrons. The third-order valence-electron chi connectivity index (χ3n) is 11.5. The Morgan fingerprint density at radius 1 is 0.822 bits per heavy atom. The zero-order valence-electron chi connectivity index (χ0n) is 26.6. The quantitative estimate of drug-likeness (QED) is 0.372. The summed E-state index contributed by atoms with van der Waals surface area (Å²) in [5.74, 6) is 1.64. The summed E-state index contributed by atoms with van der Waals surface area (Å²) in [6.45, 7) is 3.76. The summed E-state index contributed by atoms with van der Waals surface area (Å²) in [7, 11) is 3.31. The molecule has 1 N–H and O–H groups in total. The minimum absolute atomic E-state index is 0.0782. The van der Waals surface area contributed by atoms with Crippen molar-refractivity contribution in [2.24, 2.45) is 15.8 Å². The summed E-state index contributed by atoms with van der Waals surface area (Å²) < 4.78 is 23.9. The van der Waals surface area contributed by atoms with Gasteiger partial charge >= 0.3 is 0 Å². The fraction of sp³-hybridized carbons (Fsp3) is 0.686. The monoisotopic (exact) mass is 618 g/mol. The highest BCUT2D eigenvalue weighted by Crippen LogP contribution is 2.56. The molecule has 8 rings (SSSR count). The van der Waals surface area contributed by atoms with Crippen LogP contribution in [-0.2, 0) is 28.5 Å². The Bertz CT molecular complexity index is 1420. The van der Waals surface area contributed by atoms with Gasteiger partial charge in [0.05, 0.1) is 37.1 Å². The molecule has 4 aliphatic heterocycles. The molecule has 4 fully saturated rings. The number of aliphatic imine (C=N–C) groups is 1. The fourth-order valence-electron chi connectivity index (χ4n) is 8.43. The van der Waals surface area contributed by atoms with Crippen LogP contribution in [0.15, 0.2) is 51.2 Å².